The van der Waals surface area contributed by atoms with Crippen molar-refractivity contribution in [2.24, 2.45) is 5.92 Å². The number of benzene rings is 1. The quantitative estimate of drug-likeness (QED) is 0.800. The second-order valence-corrected chi connectivity index (χ2v) is 6.31. The molecule has 5 heteroatoms. The fraction of sp³-hybridized carbons (Fsp3) is 0.500. The number of rotatable bonds is 5. The molecule has 0 atom stereocenters. The SMILES string of the molecule is O=C(NCCNC(=O)C1CCCCC1)c1cccc(Br)c1. The summed E-state index contributed by atoms with van der Waals surface area (Å²) < 4.78 is 0.876. The molecule has 21 heavy (non-hydrogen) atoms. The van der Waals surface area contributed by atoms with Crippen molar-refractivity contribution < 1.29 is 9.59 Å². The van der Waals surface area contributed by atoms with E-state index >= 15 is 0 Å². The van der Waals surface area contributed by atoms with Crippen LogP contribution in [0.4, 0.5) is 0 Å². The molecule has 0 aliphatic heterocycles. The number of nitrogens with one attached hydrogen (secondary N) is 2. The van der Waals surface area contributed by atoms with Crippen molar-refractivity contribution in [3.63, 3.8) is 0 Å². The van der Waals surface area contributed by atoms with Crippen LogP contribution in [0.25, 0.3) is 0 Å². The summed E-state index contributed by atoms with van der Waals surface area (Å²) in [5, 5.41) is 5.72. The molecular weight excluding hydrogens is 332 g/mol. The third kappa shape index (κ3) is 5.16. The Kier molecular flexibility index (Phi) is 6.23. The Labute approximate surface area is 133 Å². The third-order valence-electron chi connectivity index (χ3n) is 3.77. The minimum absolute atomic E-state index is 0.122. The first-order valence-corrected chi connectivity index (χ1v) is 8.27. The molecule has 1 saturated carbocycles. The summed E-state index contributed by atoms with van der Waals surface area (Å²) in [5.74, 6) is 0.175. The van der Waals surface area contributed by atoms with Gasteiger partial charge in [0, 0.05) is 29.0 Å². The molecule has 0 spiro atoms. The number of carbonyl (C=O) groups is 2. The van der Waals surface area contributed by atoms with Crippen LogP contribution in [0.5, 0.6) is 0 Å². The topological polar surface area (TPSA) is 58.2 Å². The number of halogens is 1. The molecule has 0 unspecified atom stereocenters. The van der Waals surface area contributed by atoms with E-state index in [1.807, 2.05) is 12.1 Å². The van der Waals surface area contributed by atoms with Crippen LogP contribution in [0, 0.1) is 5.92 Å². The predicted molar refractivity (Wildman–Crippen MR) is 86.1 cm³/mol. The molecule has 1 fully saturated rings. The van der Waals surface area contributed by atoms with Crippen LogP contribution >= 0.6 is 15.9 Å². The molecule has 4 nitrogen and oxygen atoms in total. The molecule has 0 heterocycles. The van der Waals surface area contributed by atoms with Gasteiger partial charge in [-0.05, 0) is 31.0 Å². The van der Waals surface area contributed by atoms with Crippen LogP contribution in [0.2, 0.25) is 0 Å². The van der Waals surface area contributed by atoms with E-state index in [2.05, 4.69) is 26.6 Å². The van der Waals surface area contributed by atoms with Crippen molar-refractivity contribution in [2.75, 3.05) is 13.1 Å². The number of hydrogen-bond donors (Lipinski definition) is 2. The van der Waals surface area contributed by atoms with Crippen molar-refractivity contribution in [3.8, 4) is 0 Å². The standard InChI is InChI=1S/C16H21BrN2O2/c17-14-8-4-7-13(11-14)16(21)19-10-9-18-15(20)12-5-2-1-3-6-12/h4,7-8,11-12H,1-3,5-6,9-10H2,(H,18,20)(H,19,21). The molecule has 0 radical (unpaired) electrons. The lowest BCUT2D eigenvalue weighted by Gasteiger charge is -2.20. The summed E-state index contributed by atoms with van der Waals surface area (Å²) >= 11 is 3.34. The molecule has 2 rings (SSSR count). The maximum Gasteiger partial charge on any atom is 0.251 e. The summed E-state index contributed by atoms with van der Waals surface area (Å²) in [6.07, 6.45) is 5.54. The summed E-state index contributed by atoms with van der Waals surface area (Å²) in [4.78, 5) is 23.8. The minimum Gasteiger partial charge on any atom is -0.354 e. The maximum atomic E-state index is 11.9. The summed E-state index contributed by atoms with van der Waals surface area (Å²) in [7, 11) is 0. The first-order valence-electron chi connectivity index (χ1n) is 7.48. The predicted octanol–water partition coefficient (Wildman–Crippen LogP) is 2.88. The molecule has 1 aliphatic rings. The maximum absolute atomic E-state index is 11.9. The smallest absolute Gasteiger partial charge is 0.251 e. The van der Waals surface area contributed by atoms with Crippen LogP contribution in [-0.4, -0.2) is 24.9 Å². The third-order valence-corrected chi connectivity index (χ3v) is 4.27. The van der Waals surface area contributed by atoms with Gasteiger partial charge >= 0.3 is 0 Å². The van der Waals surface area contributed by atoms with E-state index in [1.54, 1.807) is 12.1 Å². The molecule has 1 aliphatic carbocycles. The molecule has 2 amide bonds. The van der Waals surface area contributed by atoms with Crippen LogP contribution in [0.15, 0.2) is 28.7 Å². The monoisotopic (exact) mass is 352 g/mol. The van der Waals surface area contributed by atoms with Gasteiger partial charge in [0.05, 0.1) is 0 Å². The van der Waals surface area contributed by atoms with Gasteiger partial charge in [-0.25, -0.2) is 0 Å². The van der Waals surface area contributed by atoms with Gasteiger partial charge < -0.3 is 10.6 Å². The Bertz CT molecular complexity index is 499. The van der Waals surface area contributed by atoms with E-state index in [1.165, 1.54) is 6.42 Å². The second-order valence-electron chi connectivity index (χ2n) is 5.39. The lowest BCUT2D eigenvalue weighted by atomic mass is 9.89. The van der Waals surface area contributed by atoms with E-state index < -0.39 is 0 Å². The molecule has 2 N–H and O–H groups in total. The number of amides is 2. The Morgan fingerprint density at radius 3 is 2.52 bits per heavy atom. The molecule has 1 aromatic rings. The second kappa shape index (κ2) is 8.17. The van der Waals surface area contributed by atoms with Gasteiger partial charge in [-0.1, -0.05) is 41.3 Å². The van der Waals surface area contributed by atoms with Crippen molar-refractivity contribution in [2.45, 2.75) is 32.1 Å². The van der Waals surface area contributed by atoms with Gasteiger partial charge in [-0.15, -0.1) is 0 Å². The highest BCUT2D eigenvalue weighted by Gasteiger charge is 2.20. The highest BCUT2D eigenvalue weighted by molar-refractivity contribution is 9.10. The average molecular weight is 353 g/mol. The fourth-order valence-corrected chi connectivity index (χ4v) is 3.00. The molecule has 0 bridgehead atoms. The normalized spacial score (nSPS) is 15.5. The summed E-state index contributed by atoms with van der Waals surface area (Å²) in [6, 6.07) is 7.24. The Morgan fingerprint density at radius 1 is 1.10 bits per heavy atom. The molecule has 0 saturated heterocycles. The highest BCUT2D eigenvalue weighted by atomic mass is 79.9. The molecule has 114 valence electrons. The Hall–Kier alpha value is -1.36. The van der Waals surface area contributed by atoms with Crippen LogP contribution in [-0.2, 0) is 4.79 Å². The number of hydrogen-bond acceptors (Lipinski definition) is 2. The van der Waals surface area contributed by atoms with Gasteiger partial charge in [-0.2, -0.15) is 0 Å². The van der Waals surface area contributed by atoms with Gasteiger partial charge in [0.15, 0.2) is 0 Å². The van der Waals surface area contributed by atoms with E-state index in [-0.39, 0.29) is 17.7 Å². The largest absolute Gasteiger partial charge is 0.354 e. The lowest BCUT2D eigenvalue weighted by molar-refractivity contribution is -0.125. The average Bonchev–Trinajstić information content (AvgIpc) is 2.52. The summed E-state index contributed by atoms with van der Waals surface area (Å²) in [5.41, 5.74) is 0.614. The van der Waals surface area contributed by atoms with Crippen molar-refractivity contribution in [1.29, 1.82) is 0 Å². The van der Waals surface area contributed by atoms with Gasteiger partial charge in [0.2, 0.25) is 5.91 Å². The van der Waals surface area contributed by atoms with Gasteiger partial charge in [-0.3, -0.25) is 9.59 Å². The first-order chi connectivity index (χ1) is 10.2. The van der Waals surface area contributed by atoms with E-state index in [0.717, 1.165) is 30.2 Å². The molecular formula is C16H21BrN2O2. The number of carbonyl (C=O) groups excluding carboxylic acids is 2. The molecule has 0 aromatic heterocycles. The van der Waals surface area contributed by atoms with E-state index in [9.17, 15) is 9.59 Å². The zero-order valence-corrected chi connectivity index (χ0v) is 13.6. The first kappa shape index (κ1) is 16.0. The van der Waals surface area contributed by atoms with Crippen LogP contribution < -0.4 is 10.6 Å². The fourth-order valence-electron chi connectivity index (χ4n) is 2.60. The molecule has 1 aromatic carbocycles. The summed E-state index contributed by atoms with van der Waals surface area (Å²) in [6.45, 7) is 0.929. The van der Waals surface area contributed by atoms with E-state index in [0.29, 0.717) is 18.7 Å². The van der Waals surface area contributed by atoms with Crippen molar-refractivity contribution in [3.05, 3.63) is 34.3 Å². The van der Waals surface area contributed by atoms with Crippen molar-refractivity contribution >= 4 is 27.7 Å². The zero-order chi connectivity index (χ0) is 15.1. The Balaban J connectivity index is 1.67. The van der Waals surface area contributed by atoms with Crippen LogP contribution in [0.3, 0.4) is 0 Å². The van der Waals surface area contributed by atoms with Crippen LogP contribution in [0.1, 0.15) is 42.5 Å². The minimum atomic E-state index is -0.122. The zero-order valence-electron chi connectivity index (χ0n) is 12.0. The Morgan fingerprint density at radius 2 is 1.81 bits per heavy atom. The van der Waals surface area contributed by atoms with Gasteiger partial charge in [0.25, 0.3) is 5.91 Å². The lowest BCUT2D eigenvalue weighted by Crippen LogP contribution is -2.38. The van der Waals surface area contributed by atoms with Crippen molar-refractivity contribution in [1.82, 2.24) is 10.6 Å². The highest BCUT2D eigenvalue weighted by Crippen LogP contribution is 2.23. The van der Waals surface area contributed by atoms with E-state index in [4.69, 9.17) is 0 Å². The van der Waals surface area contributed by atoms with Gasteiger partial charge in [0.1, 0.15) is 0 Å².